The Labute approximate surface area is 109 Å². The highest BCUT2D eigenvalue weighted by atomic mass is 15.1. The van der Waals surface area contributed by atoms with Crippen molar-refractivity contribution in [3.8, 4) is 6.07 Å². The molecule has 1 saturated carbocycles. The third-order valence-corrected chi connectivity index (χ3v) is 3.92. The van der Waals surface area contributed by atoms with E-state index in [0.29, 0.717) is 12.6 Å². The lowest BCUT2D eigenvalue weighted by Crippen LogP contribution is -2.33. The van der Waals surface area contributed by atoms with Crippen molar-refractivity contribution in [2.24, 2.45) is 5.73 Å². The second kappa shape index (κ2) is 5.88. The van der Waals surface area contributed by atoms with Crippen LogP contribution in [-0.4, -0.2) is 13.1 Å². The van der Waals surface area contributed by atoms with Gasteiger partial charge >= 0.3 is 0 Å². The first-order chi connectivity index (χ1) is 8.76. The Morgan fingerprint density at radius 2 is 2.06 bits per heavy atom. The molecule has 0 radical (unpaired) electrons. The molecule has 1 aromatic rings. The number of hydrogen-bond acceptors (Lipinski definition) is 3. The molecule has 3 heteroatoms. The Bertz CT molecular complexity index is 442. The molecule has 96 valence electrons. The maximum Gasteiger partial charge on any atom is 0.101 e. The van der Waals surface area contributed by atoms with Crippen LogP contribution in [0.1, 0.15) is 43.2 Å². The van der Waals surface area contributed by atoms with Crippen LogP contribution in [0.3, 0.4) is 0 Å². The summed E-state index contributed by atoms with van der Waals surface area (Å²) in [7, 11) is 2.11. The zero-order chi connectivity index (χ0) is 13.0. The fraction of sp³-hybridized carbons (Fsp3) is 0.533. The van der Waals surface area contributed by atoms with Gasteiger partial charge in [-0.15, -0.1) is 0 Å². The Balaban J connectivity index is 2.23. The van der Waals surface area contributed by atoms with Crippen LogP contribution < -0.4 is 10.6 Å². The van der Waals surface area contributed by atoms with Gasteiger partial charge in [0.2, 0.25) is 0 Å². The highest BCUT2D eigenvalue weighted by molar-refractivity contribution is 5.60. The maximum atomic E-state index is 9.27. The molecule has 0 amide bonds. The molecular formula is C15H21N3. The number of benzene rings is 1. The van der Waals surface area contributed by atoms with Gasteiger partial charge in [0.1, 0.15) is 6.07 Å². The van der Waals surface area contributed by atoms with Crippen molar-refractivity contribution in [2.45, 2.75) is 44.7 Å². The van der Waals surface area contributed by atoms with Gasteiger partial charge in [0.05, 0.1) is 11.3 Å². The van der Waals surface area contributed by atoms with Crippen molar-refractivity contribution in [2.75, 3.05) is 11.9 Å². The third kappa shape index (κ3) is 2.65. The van der Waals surface area contributed by atoms with Gasteiger partial charge in [0.25, 0.3) is 0 Å². The van der Waals surface area contributed by atoms with Gasteiger partial charge in [0, 0.05) is 19.6 Å². The van der Waals surface area contributed by atoms with Crippen molar-refractivity contribution in [3.63, 3.8) is 0 Å². The van der Waals surface area contributed by atoms with E-state index in [-0.39, 0.29) is 0 Å². The summed E-state index contributed by atoms with van der Waals surface area (Å²) in [5.41, 5.74) is 8.42. The molecule has 0 bridgehead atoms. The van der Waals surface area contributed by atoms with E-state index in [1.54, 1.807) is 0 Å². The molecular weight excluding hydrogens is 222 g/mol. The molecule has 1 aromatic carbocycles. The Hall–Kier alpha value is -1.53. The predicted molar refractivity (Wildman–Crippen MR) is 74.3 cm³/mol. The second-order valence-corrected chi connectivity index (χ2v) is 5.07. The van der Waals surface area contributed by atoms with Crippen LogP contribution in [0.4, 0.5) is 5.69 Å². The van der Waals surface area contributed by atoms with E-state index in [2.05, 4.69) is 18.0 Å². The molecule has 0 spiro atoms. The lowest BCUT2D eigenvalue weighted by Gasteiger charge is -2.33. The Kier molecular flexibility index (Phi) is 4.22. The van der Waals surface area contributed by atoms with Crippen LogP contribution in [0.2, 0.25) is 0 Å². The first kappa shape index (κ1) is 12.9. The molecule has 0 unspecified atom stereocenters. The van der Waals surface area contributed by atoms with Gasteiger partial charge in [-0.1, -0.05) is 25.3 Å². The molecule has 1 aliphatic rings. The van der Waals surface area contributed by atoms with Crippen molar-refractivity contribution < 1.29 is 0 Å². The van der Waals surface area contributed by atoms with Crippen molar-refractivity contribution in [3.05, 3.63) is 29.3 Å². The van der Waals surface area contributed by atoms with Crippen LogP contribution in [0.15, 0.2) is 18.2 Å². The van der Waals surface area contributed by atoms with E-state index < -0.39 is 0 Å². The molecule has 0 atom stereocenters. The molecule has 1 aliphatic carbocycles. The highest BCUT2D eigenvalue weighted by Crippen LogP contribution is 2.28. The Morgan fingerprint density at radius 3 is 2.67 bits per heavy atom. The molecule has 0 saturated heterocycles. The molecule has 18 heavy (non-hydrogen) atoms. The van der Waals surface area contributed by atoms with Crippen molar-refractivity contribution >= 4 is 5.69 Å². The normalized spacial score (nSPS) is 16.3. The van der Waals surface area contributed by atoms with Crippen molar-refractivity contribution in [1.29, 1.82) is 5.26 Å². The first-order valence-corrected chi connectivity index (χ1v) is 6.72. The summed E-state index contributed by atoms with van der Waals surface area (Å²) in [6.07, 6.45) is 6.43. The zero-order valence-corrected chi connectivity index (χ0v) is 11.0. The van der Waals surface area contributed by atoms with E-state index in [9.17, 15) is 5.26 Å². The molecule has 1 fully saturated rings. The minimum absolute atomic E-state index is 0.488. The lowest BCUT2D eigenvalue weighted by atomic mass is 9.93. The maximum absolute atomic E-state index is 9.27. The summed E-state index contributed by atoms with van der Waals surface area (Å²) in [6, 6.07) is 8.84. The number of nitrogens with two attached hydrogens (primary N) is 1. The van der Waals surface area contributed by atoms with Crippen LogP contribution >= 0.6 is 0 Å². The van der Waals surface area contributed by atoms with Gasteiger partial charge in [-0.3, -0.25) is 0 Å². The van der Waals surface area contributed by atoms with Crippen LogP contribution in [0.25, 0.3) is 0 Å². The molecule has 3 nitrogen and oxygen atoms in total. The van der Waals surface area contributed by atoms with Gasteiger partial charge < -0.3 is 10.6 Å². The quantitative estimate of drug-likeness (QED) is 0.888. The van der Waals surface area contributed by atoms with Gasteiger partial charge in [-0.25, -0.2) is 0 Å². The largest absolute Gasteiger partial charge is 0.371 e. The summed E-state index contributed by atoms with van der Waals surface area (Å²) in [5.74, 6) is 0. The number of nitriles is 1. The zero-order valence-electron chi connectivity index (χ0n) is 11.0. The minimum Gasteiger partial charge on any atom is -0.371 e. The average Bonchev–Trinajstić information content (AvgIpc) is 2.46. The molecule has 2 rings (SSSR count). The third-order valence-electron chi connectivity index (χ3n) is 3.92. The monoisotopic (exact) mass is 243 g/mol. The van der Waals surface area contributed by atoms with Gasteiger partial charge in [-0.05, 0) is 30.5 Å². The fourth-order valence-corrected chi connectivity index (χ4v) is 2.77. The molecule has 0 heterocycles. The first-order valence-electron chi connectivity index (χ1n) is 6.72. The highest BCUT2D eigenvalue weighted by Gasteiger charge is 2.20. The average molecular weight is 243 g/mol. The lowest BCUT2D eigenvalue weighted by molar-refractivity contribution is 0.427. The Morgan fingerprint density at radius 1 is 1.33 bits per heavy atom. The van der Waals surface area contributed by atoms with Crippen molar-refractivity contribution in [1.82, 2.24) is 0 Å². The number of nitrogens with zero attached hydrogens (tertiary/aromatic N) is 2. The van der Waals surface area contributed by atoms with Gasteiger partial charge in [0.15, 0.2) is 0 Å². The summed E-state index contributed by atoms with van der Waals surface area (Å²) in [5, 5.41) is 9.27. The van der Waals surface area contributed by atoms with Crippen LogP contribution in [0, 0.1) is 11.3 Å². The van der Waals surface area contributed by atoms with Gasteiger partial charge in [-0.2, -0.15) is 5.26 Å². The van der Waals surface area contributed by atoms with Crippen LogP contribution in [-0.2, 0) is 6.54 Å². The van der Waals surface area contributed by atoms with Crippen LogP contribution in [0.5, 0.6) is 0 Å². The van der Waals surface area contributed by atoms with E-state index in [4.69, 9.17) is 5.73 Å². The summed E-state index contributed by atoms with van der Waals surface area (Å²) < 4.78 is 0. The second-order valence-electron chi connectivity index (χ2n) is 5.07. The topological polar surface area (TPSA) is 53.0 Å². The fourth-order valence-electron chi connectivity index (χ4n) is 2.77. The molecule has 0 aromatic heterocycles. The van der Waals surface area contributed by atoms with E-state index in [1.807, 2.05) is 18.2 Å². The minimum atomic E-state index is 0.488. The van der Waals surface area contributed by atoms with E-state index >= 15 is 0 Å². The standard InChI is InChI=1S/C15H21N3/c1-18(14-5-3-2-4-6-14)15-8-7-12(10-16)9-13(15)11-17/h7-9,14H,2-6,10,16H2,1H3. The number of hydrogen-bond donors (Lipinski definition) is 1. The smallest absolute Gasteiger partial charge is 0.101 e. The van der Waals surface area contributed by atoms with E-state index in [0.717, 1.165) is 16.8 Å². The van der Waals surface area contributed by atoms with E-state index in [1.165, 1.54) is 32.1 Å². The number of rotatable bonds is 3. The molecule has 0 aliphatic heterocycles. The summed E-state index contributed by atoms with van der Waals surface area (Å²) >= 11 is 0. The SMILES string of the molecule is CN(c1ccc(CN)cc1C#N)C1CCCCC1. The predicted octanol–water partition coefficient (Wildman–Crippen LogP) is 2.79. The summed E-state index contributed by atoms with van der Waals surface area (Å²) in [6.45, 7) is 0.488. The number of anilines is 1. The molecule has 2 N–H and O–H groups in total. The summed E-state index contributed by atoms with van der Waals surface area (Å²) in [4.78, 5) is 2.28.